The first-order valence-electron chi connectivity index (χ1n) is 7.57. The van der Waals surface area contributed by atoms with E-state index >= 15 is 0 Å². The van der Waals surface area contributed by atoms with Gasteiger partial charge in [-0.25, -0.2) is 0 Å². The molecule has 2 rings (SSSR count). The standard InChI is InChI=1S/C15H26O4/c1-2-3-6-19-10-13(16)9-15(14(17)18)8-11-4-5-12(15)7-11/h11-13,16H,2-10H2,1H3,(H,17,18). The SMILES string of the molecule is CCCCOCC(O)CC1(C(=O)O)CC2CCC1C2. The number of rotatable bonds is 8. The van der Waals surface area contributed by atoms with Gasteiger partial charge in [-0.2, -0.15) is 0 Å². The van der Waals surface area contributed by atoms with Crippen LogP contribution in [0.1, 0.15) is 51.9 Å². The Kier molecular flexibility index (Phi) is 4.85. The predicted molar refractivity (Wildman–Crippen MR) is 71.9 cm³/mol. The monoisotopic (exact) mass is 270 g/mol. The molecule has 0 radical (unpaired) electrons. The zero-order valence-electron chi connectivity index (χ0n) is 11.8. The van der Waals surface area contributed by atoms with Crippen LogP contribution in [0.15, 0.2) is 0 Å². The molecule has 2 aliphatic carbocycles. The Bertz CT molecular complexity index is 317. The van der Waals surface area contributed by atoms with E-state index in [-0.39, 0.29) is 12.5 Å². The fraction of sp³-hybridized carbons (Fsp3) is 0.933. The van der Waals surface area contributed by atoms with Crippen molar-refractivity contribution in [1.82, 2.24) is 0 Å². The molecule has 4 heteroatoms. The van der Waals surface area contributed by atoms with E-state index in [1.54, 1.807) is 0 Å². The molecule has 2 fully saturated rings. The van der Waals surface area contributed by atoms with Crippen LogP contribution in [0.4, 0.5) is 0 Å². The van der Waals surface area contributed by atoms with Crippen LogP contribution in [0, 0.1) is 17.3 Å². The van der Waals surface area contributed by atoms with Crippen molar-refractivity contribution in [2.24, 2.45) is 17.3 Å². The van der Waals surface area contributed by atoms with Crippen LogP contribution >= 0.6 is 0 Å². The summed E-state index contributed by atoms with van der Waals surface area (Å²) in [6.07, 6.45) is 5.74. The summed E-state index contributed by atoms with van der Waals surface area (Å²) >= 11 is 0. The number of carboxylic acid groups (broad SMARTS) is 1. The number of hydrogen-bond donors (Lipinski definition) is 2. The number of unbranched alkanes of at least 4 members (excludes halogenated alkanes) is 1. The first-order chi connectivity index (χ1) is 9.08. The maximum Gasteiger partial charge on any atom is 0.310 e. The van der Waals surface area contributed by atoms with Crippen LogP contribution in [-0.2, 0) is 9.53 Å². The summed E-state index contributed by atoms with van der Waals surface area (Å²) in [5, 5.41) is 19.7. The van der Waals surface area contributed by atoms with Gasteiger partial charge in [0.15, 0.2) is 0 Å². The molecule has 4 nitrogen and oxygen atoms in total. The predicted octanol–water partition coefficient (Wildman–Crippen LogP) is 2.45. The van der Waals surface area contributed by atoms with E-state index in [1.165, 1.54) is 6.42 Å². The average Bonchev–Trinajstić information content (AvgIpc) is 2.95. The molecule has 2 bridgehead atoms. The smallest absolute Gasteiger partial charge is 0.310 e. The van der Waals surface area contributed by atoms with Gasteiger partial charge < -0.3 is 14.9 Å². The Morgan fingerprint density at radius 3 is 2.79 bits per heavy atom. The maximum absolute atomic E-state index is 11.7. The third-order valence-electron chi connectivity index (χ3n) is 4.95. The fourth-order valence-electron chi connectivity index (χ4n) is 3.99. The number of fused-ring (bicyclic) bond motifs is 2. The number of aliphatic hydroxyl groups excluding tert-OH is 1. The zero-order valence-corrected chi connectivity index (χ0v) is 11.8. The molecule has 2 N–H and O–H groups in total. The van der Waals surface area contributed by atoms with Gasteiger partial charge >= 0.3 is 5.97 Å². The molecule has 0 heterocycles. The molecule has 4 atom stereocenters. The summed E-state index contributed by atoms with van der Waals surface area (Å²) in [6.45, 7) is 3.01. The van der Waals surface area contributed by atoms with Crippen LogP contribution in [0.25, 0.3) is 0 Å². The van der Waals surface area contributed by atoms with Crippen LogP contribution in [0.5, 0.6) is 0 Å². The van der Waals surface area contributed by atoms with Crippen LogP contribution < -0.4 is 0 Å². The molecule has 0 saturated heterocycles. The first-order valence-corrected chi connectivity index (χ1v) is 7.57. The third-order valence-corrected chi connectivity index (χ3v) is 4.95. The van der Waals surface area contributed by atoms with Crippen molar-refractivity contribution in [1.29, 1.82) is 0 Å². The van der Waals surface area contributed by atoms with E-state index in [0.29, 0.717) is 18.9 Å². The highest BCUT2D eigenvalue weighted by molar-refractivity contribution is 5.76. The van der Waals surface area contributed by atoms with Crippen molar-refractivity contribution in [2.45, 2.75) is 58.0 Å². The Labute approximate surface area is 115 Å². The second-order valence-electron chi connectivity index (χ2n) is 6.33. The lowest BCUT2D eigenvalue weighted by atomic mass is 9.69. The molecule has 0 aromatic heterocycles. The highest BCUT2D eigenvalue weighted by Crippen LogP contribution is 2.58. The summed E-state index contributed by atoms with van der Waals surface area (Å²) < 4.78 is 5.41. The lowest BCUT2D eigenvalue weighted by Gasteiger charge is -2.35. The van der Waals surface area contributed by atoms with Gasteiger partial charge in [0.2, 0.25) is 0 Å². The quantitative estimate of drug-likeness (QED) is 0.665. The Hall–Kier alpha value is -0.610. The van der Waals surface area contributed by atoms with Gasteiger partial charge in [0, 0.05) is 6.61 Å². The molecular weight excluding hydrogens is 244 g/mol. The Balaban J connectivity index is 1.86. The number of aliphatic hydroxyl groups is 1. The van der Waals surface area contributed by atoms with Gasteiger partial charge in [-0.15, -0.1) is 0 Å². The average molecular weight is 270 g/mol. The van der Waals surface area contributed by atoms with Gasteiger partial charge in [0.25, 0.3) is 0 Å². The second-order valence-corrected chi connectivity index (χ2v) is 6.33. The van der Waals surface area contributed by atoms with E-state index in [9.17, 15) is 15.0 Å². The summed E-state index contributed by atoms with van der Waals surface area (Å²) in [7, 11) is 0. The van der Waals surface area contributed by atoms with Crippen molar-refractivity contribution >= 4 is 5.97 Å². The summed E-state index contributed by atoms with van der Waals surface area (Å²) in [5.74, 6) is 0.113. The summed E-state index contributed by atoms with van der Waals surface area (Å²) in [6, 6.07) is 0. The molecule has 0 aliphatic heterocycles. The molecule has 4 unspecified atom stereocenters. The van der Waals surface area contributed by atoms with Crippen LogP contribution in [-0.4, -0.2) is 35.5 Å². The topological polar surface area (TPSA) is 66.8 Å². The molecule has 2 saturated carbocycles. The number of hydrogen-bond acceptors (Lipinski definition) is 3. The Morgan fingerprint density at radius 1 is 1.47 bits per heavy atom. The van der Waals surface area contributed by atoms with Crippen molar-refractivity contribution in [3.8, 4) is 0 Å². The Morgan fingerprint density at radius 2 is 2.26 bits per heavy atom. The normalized spacial score (nSPS) is 34.6. The highest BCUT2D eigenvalue weighted by atomic mass is 16.5. The summed E-state index contributed by atoms with van der Waals surface area (Å²) in [4.78, 5) is 11.7. The van der Waals surface area contributed by atoms with Crippen LogP contribution in [0.3, 0.4) is 0 Å². The fourth-order valence-corrected chi connectivity index (χ4v) is 3.99. The number of carbonyl (C=O) groups is 1. The lowest BCUT2D eigenvalue weighted by Crippen LogP contribution is -2.40. The van der Waals surface area contributed by atoms with Gasteiger partial charge in [-0.3, -0.25) is 4.79 Å². The van der Waals surface area contributed by atoms with Gasteiger partial charge in [0.1, 0.15) is 0 Å². The third kappa shape index (κ3) is 3.11. The van der Waals surface area contributed by atoms with Crippen molar-refractivity contribution in [3.63, 3.8) is 0 Å². The number of aliphatic carboxylic acids is 1. The number of ether oxygens (including phenoxy) is 1. The molecule has 19 heavy (non-hydrogen) atoms. The van der Waals surface area contributed by atoms with Crippen molar-refractivity contribution < 1.29 is 19.7 Å². The second kappa shape index (κ2) is 6.23. The molecule has 0 amide bonds. The molecule has 2 aliphatic rings. The molecule has 0 spiro atoms. The van der Waals surface area contributed by atoms with Crippen molar-refractivity contribution in [3.05, 3.63) is 0 Å². The molecule has 110 valence electrons. The van der Waals surface area contributed by atoms with Gasteiger partial charge in [0.05, 0.1) is 18.1 Å². The molecule has 0 aromatic rings. The van der Waals surface area contributed by atoms with E-state index in [0.717, 1.165) is 32.1 Å². The van der Waals surface area contributed by atoms with Crippen LogP contribution in [0.2, 0.25) is 0 Å². The molecular formula is C15H26O4. The van der Waals surface area contributed by atoms with E-state index in [2.05, 4.69) is 6.92 Å². The van der Waals surface area contributed by atoms with E-state index in [4.69, 9.17) is 4.74 Å². The first kappa shape index (κ1) is 14.8. The van der Waals surface area contributed by atoms with E-state index < -0.39 is 17.5 Å². The van der Waals surface area contributed by atoms with Crippen molar-refractivity contribution in [2.75, 3.05) is 13.2 Å². The van der Waals surface area contributed by atoms with Gasteiger partial charge in [-0.1, -0.05) is 19.8 Å². The number of carboxylic acids is 1. The largest absolute Gasteiger partial charge is 0.481 e. The molecule has 0 aromatic carbocycles. The summed E-state index contributed by atoms with van der Waals surface area (Å²) in [5.41, 5.74) is -0.684. The lowest BCUT2D eigenvalue weighted by molar-refractivity contribution is -0.155. The minimum absolute atomic E-state index is 0.264. The van der Waals surface area contributed by atoms with Gasteiger partial charge in [-0.05, 0) is 43.9 Å². The minimum Gasteiger partial charge on any atom is -0.481 e. The zero-order chi connectivity index (χ0) is 13.9. The van der Waals surface area contributed by atoms with E-state index in [1.807, 2.05) is 0 Å². The maximum atomic E-state index is 11.7. The highest BCUT2D eigenvalue weighted by Gasteiger charge is 2.56. The minimum atomic E-state index is -0.715.